The van der Waals surface area contributed by atoms with Crippen LogP contribution in [0.25, 0.3) is 0 Å². The Balaban J connectivity index is 2.09. The SMILES string of the molecule is CC(=O)Nc1cc(NC(=O)C2CCCN2C(=O)OC(C)(C)C)ccc1F. The first-order valence-electron chi connectivity index (χ1n) is 8.44. The average molecular weight is 365 g/mol. The molecule has 0 aliphatic carbocycles. The Morgan fingerprint density at radius 2 is 1.92 bits per heavy atom. The van der Waals surface area contributed by atoms with Gasteiger partial charge in [-0.05, 0) is 51.8 Å². The molecule has 2 rings (SSSR count). The molecule has 0 aromatic heterocycles. The van der Waals surface area contributed by atoms with Crippen LogP contribution in [0.3, 0.4) is 0 Å². The van der Waals surface area contributed by atoms with Crippen molar-refractivity contribution in [1.82, 2.24) is 4.90 Å². The number of benzene rings is 1. The number of hydrogen-bond donors (Lipinski definition) is 2. The van der Waals surface area contributed by atoms with E-state index in [4.69, 9.17) is 4.74 Å². The molecule has 7 nitrogen and oxygen atoms in total. The van der Waals surface area contributed by atoms with Crippen LogP contribution >= 0.6 is 0 Å². The number of carbonyl (C=O) groups excluding carboxylic acids is 3. The highest BCUT2D eigenvalue weighted by molar-refractivity contribution is 5.98. The Hall–Kier alpha value is -2.64. The first-order valence-corrected chi connectivity index (χ1v) is 8.44. The minimum absolute atomic E-state index is 0.0225. The van der Waals surface area contributed by atoms with Gasteiger partial charge in [0, 0.05) is 19.2 Å². The number of rotatable bonds is 3. The summed E-state index contributed by atoms with van der Waals surface area (Å²) in [5.41, 5.74) is -0.341. The Morgan fingerprint density at radius 3 is 2.54 bits per heavy atom. The molecule has 1 aliphatic heterocycles. The molecule has 26 heavy (non-hydrogen) atoms. The molecule has 1 aliphatic rings. The number of hydrogen-bond acceptors (Lipinski definition) is 4. The Morgan fingerprint density at radius 1 is 1.23 bits per heavy atom. The summed E-state index contributed by atoms with van der Waals surface area (Å²) in [6, 6.07) is 3.23. The number of amides is 3. The molecule has 142 valence electrons. The maximum absolute atomic E-state index is 13.7. The summed E-state index contributed by atoms with van der Waals surface area (Å²) in [6.45, 7) is 6.99. The number of nitrogens with one attached hydrogen (secondary N) is 2. The van der Waals surface area contributed by atoms with Crippen LogP contribution in [0, 0.1) is 5.82 Å². The zero-order valence-electron chi connectivity index (χ0n) is 15.4. The van der Waals surface area contributed by atoms with E-state index in [2.05, 4.69) is 10.6 Å². The second kappa shape index (κ2) is 7.72. The van der Waals surface area contributed by atoms with Crippen molar-refractivity contribution in [2.24, 2.45) is 0 Å². The van der Waals surface area contributed by atoms with Gasteiger partial charge in [0.05, 0.1) is 5.69 Å². The van der Waals surface area contributed by atoms with E-state index in [9.17, 15) is 18.8 Å². The van der Waals surface area contributed by atoms with E-state index >= 15 is 0 Å². The second-order valence-electron chi connectivity index (χ2n) is 7.20. The summed E-state index contributed by atoms with van der Waals surface area (Å²) >= 11 is 0. The van der Waals surface area contributed by atoms with Crippen LogP contribution in [-0.4, -0.2) is 41.0 Å². The highest BCUT2D eigenvalue weighted by atomic mass is 19.1. The van der Waals surface area contributed by atoms with Crippen LogP contribution in [0.1, 0.15) is 40.5 Å². The van der Waals surface area contributed by atoms with E-state index in [0.717, 1.165) is 6.07 Å². The minimum Gasteiger partial charge on any atom is -0.444 e. The molecule has 0 bridgehead atoms. The first-order chi connectivity index (χ1) is 12.1. The number of likely N-dealkylation sites (tertiary alicyclic amines) is 1. The fraction of sp³-hybridized carbons (Fsp3) is 0.500. The van der Waals surface area contributed by atoms with Crippen LogP contribution in [-0.2, 0) is 14.3 Å². The molecule has 3 amide bonds. The van der Waals surface area contributed by atoms with Gasteiger partial charge in [-0.25, -0.2) is 9.18 Å². The normalized spacial score (nSPS) is 17.0. The fourth-order valence-corrected chi connectivity index (χ4v) is 2.69. The van der Waals surface area contributed by atoms with Crippen molar-refractivity contribution in [3.8, 4) is 0 Å². The van der Waals surface area contributed by atoms with Crippen molar-refractivity contribution in [3.63, 3.8) is 0 Å². The third-order valence-corrected chi connectivity index (χ3v) is 3.73. The van der Waals surface area contributed by atoms with E-state index < -0.39 is 29.5 Å². The molecule has 2 N–H and O–H groups in total. The Labute approximate surface area is 151 Å². The third-order valence-electron chi connectivity index (χ3n) is 3.73. The number of anilines is 2. The zero-order chi connectivity index (χ0) is 19.5. The van der Waals surface area contributed by atoms with Crippen LogP contribution in [0.15, 0.2) is 18.2 Å². The maximum atomic E-state index is 13.7. The number of ether oxygens (including phenoxy) is 1. The monoisotopic (exact) mass is 365 g/mol. The van der Waals surface area contributed by atoms with Gasteiger partial charge in [0.25, 0.3) is 0 Å². The van der Waals surface area contributed by atoms with Crippen molar-refractivity contribution < 1.29 is 23.5 Å². The van der Waals surface area contributed by atoms with Crippen molar-refractivity contribution in [1.29, 1.82) is 0 Å². The highest BCUT2D eigenvalue weighted by Gasteiger charge is 2.36. The van der Waals surface area contributed by atoms with Crippen LogP contribution < -0.4 is 10.6 Å². The van der Waals surface area contributed by atoms with Gasteiger partial charge in [-0.15, -0.1) is 0 Å². The van der Waals surface area contributed by atoms with Crippen molar-refractivity contribution >= 4 is 29.3 Å². The van der Waals surface area contributed by atoms with Gasteiger partial charge in [-0.1, -0.05) is 0 Å². The van der Waals surface area contributed by atoms with Crippen molar-refractivity contribution in [3.05, 3.63) is 24.0 Å². The third kappa shape index (κ3) is 5.18. The molecular formula is C18H24FN3O4. The highest BCUT2D eigenvalue weighted by Crippen LogP contribution is 2.24. The summed E-state index contributed by atoms with van der Waals surface area (Å²) in [5, 5.41) is 5.03. The fourth-order valence-electron chi connectivity index (χ4n) is 2.69. The van der Waals surface area contributed by atoms with Gasteiger partial charge < -0.3 is 15.4 Å². The molecule has 1 fully saturated rings. The van der Waals surface area contributed by atoms with Gasteiger partial charge in [0.1, 0.15) is 17.5 Å². The smallest absolute Gasteiger partial charge is 0.410 e. The van der Waals surface area contributed by atoms with Crippen molar-refractivity contribution in [2.75, 3.05) is 17.2 Å². The zero-order valence-corrected chi connectivity index (χ0v) is 15.4. The van der Waals surface area contributed by atoms with Gasteiger partial charge in [-0.2, -0.15) is 0 Å². The Bertz CT molecular complexity index is 715. The minimum atomic E-state index is -0.654. The largest absolute Gasteiger partial charge is 0.444 e. The predicted octanol–water partition coefficient (Wildman–Crippen LogP) is 3.12. The number of carbonyl (C=O) groups is 3. The molecule has 1 unspecified atom stereocenters. The van der Waals surface area contributed by atoms with Gasteiger partial charge in [0.15, 0.2) is 0 Å². The van der Waals surface area contributed by atoms with E-state index in [-0.39, 0.29) is 11.6 Å². The quantitative estimate of drug-likeness (QED) is 0.861. The summed E-state index contributed by atoms with van der Waals surface area (Å²) in [7, 11) is 0. The molecule has 1 heterocycles. The predicted molar refractivity (Wildman–Crippen MR) is 95.3 cm³/mol. The average Bonchev–Trinajstić information content (AvgIpc) is 2.98. The van der Waals surface area contributed by atoms with Gasteiger partial charge in [0.2, 0.25) is 11.8 Å². The second-order valence-corrected chi connectivity index (χ2v) is 7.20. The molecule has 0 spiro atoms. The lowest BCUT2D eigenvalue weighted by molar-refractivity contribution is -0.120. The molecule has 1 aromatic rings. The summed E-state index contributed by atoms with van der Waals surface area (Å²) in [6.07, 6.45) is 0.677. The summed E-state index contributed by atoms with van der Waals surface area (Å²) < 4.78 is 19.0. The van der Waals surface area contributed by atoms with E-state index in [1.54, 1.807) is 20.8 Å². The first kappa shape index (κ1) is 19.7. The van der Waals surface area contributed by atoms with Crippen molar-refractivity contribution in [2.45, 2.75) is 52.2 Å². The lowest BCUT2D eigenvalue weighted by atomic mass is 10.2. The molecule has 0 saturated carbocycles. The van der Waals surface area contributed by atoms with Gasteiger partial charge in [-0.3, -0.25) is 14.5 Å². The molecule has 1 atom stereocenters. The number of nitrogens with zero attached hydrogens (tertiary/aromatic N) is 1. The van der Waals surface area contributed by atoms with Crippen LogP contribution in [0.2, 0.25) is 0 Å². The molecule has 0 radical (unpaired) electrons. The lowest BCUT2D eigenvalue weighted by Crippen LogP contribution is -2.45. The van der Waals surface area contributed by atoms with E-state index in [0.29, 0.717) is 25.1 Å². The topological polar surface area (TPSA) is 87.7 Å². The lowest BCUT2D eigenvalue weighted by Gasteiger charge is -2.28. The standard InChI is InChI=1S/C18H24FN3O4/c1-11(23)20-14-10-12(7-8-13(14)19)21-16(24)15-6-5-9-22(15)17(25)26-18(2,3)4/h7-8,10,15H,5-6,9H2,1-4H3,(H,20,23)(H,21,24). The van der Waals surface area contributed by atoms with E-state index in [1.807, 2.05) is 0 Å². The Kier molecular flexibility index (Phi) is 5.84. The maximum Gasteiger partial charge on any atom is 0.410 e. The van der Waals surface area contributed by atoms with E-state index in [1.165, 1.54) is 24.0 Å². The van der Waals surface area contributed by atoms with Gasteiger partial charge >= 0.3 is 6.09 Å². The summed E-state index contributed by atoms with van der Waals surface area (Å²) in [5.74, 6) is -1.40. The molecule has 8 heteroatoms. The summed E-state index contributed by atoms with van der Waals surface area (Å²) in [4.78, 5) is 37.4. The van der Waals surface area contributed by atoms with Crippen LogP contribution in [0.4, 0.5) is 20.6 Å². The number of halogens is 1. The van der Waals surface area contributed by atoms with Crippen LogP contribution in [0.5, 0.6) is 0 Å². The molecule has 1 saturated heterocycles. The molecular weight excluding hydrogens is 341 g/mol. The molecule has 1 aromatic carbocycles.